The first-order chi connectivity index (χ1) is 12.4. The molecule has 1 saturated heterocycles. The third-order valence-electron chi connectivity index (χ3n) is 4.88. The second-order valence-corrected chi connectivity index (χ2v) is 6.69. The molecule has 0 aromatic carbocycles. The Bertz CT molecular complexity index is 865. The van der Waals surface area contributed by atoms with E-state index in [-0.39, 0.29) is 29.3 Å². The number of hydrogen-bond acceptors (Lipinski definition) is 4. The van der Waals surface area contributed by atoms with Gasteiger partial charge in [-0.25, -0.2) is 0 Å². The van der Waals surface area contributed by atoms with Gasteiger partial charge >= 0.3 is 0 Å². The van der Waals surface area contributed by atoms with Crippen LogP contribution in [0.4, 0.5) is 5.69 Å². The Kier molecular flexibility index (Phi) is 4.88. The van der Waals surface area contributed by atoms with Gasteiger partial charge < -0.3 is 14.8 Å². The molecule has 1 fully saturated rings. The number of anilines is 1. The highest BCUT2D eigenvalue weighted by atomic mass is 16.2. The van der Waals surface area contributed by atoms with E-state index in [0.717, 1.165) is 5.56 Å². The number of aryl methyl sites for hydroxylation is 2. The summed E-state index contributed by atoms with van der Waals surface area (Å²) in [5, 5.41) is 2.90. The van der Waals surface area contributed by atoms with Crippen molar-refractivity contribution in [3.05, 3.63) is 58.3 Å². The lowest BCUT2D eigenvalue weighted by Crippen LogP contribution is -2.44. The fraction of sp³-hybridized carbons (Fsp3) is 0.368. The standard InChI is InChI=1S/C19H22N4O3/c1-12-10-14(11-22(2)19(12)26)21-18(25)15-4-5-16(24)23(3)17(15)13-6-8-20-9-7-13/h6-11,15,17H,4-5H2,1-3H3,(H,21,25)/t15-,17+/m0/s1. The smallest absolute Gasteiger partial charge is 0.253 e. The number of piperidine rings is 1. The van der Waals surface area contributed by atoms with Crippen molar-refractivity contribution in [2.75, 3.05) is 12.4 Å². The topological polar surface area (TPSA) is 84.3 Å². The van der Waals surface area contributed by atoms with Crippen molar-refractivity contribution in [3.63, 3.8) is 0 Å². The second kappa shape index (κ2) is 7.11. The molecule has 0 saturated carbocycles. The van der Waals surface area contributed by atoms with Crippen molar-refractivity contribution in [1.82, 2.24) is 14.5 Å². The van der Waals surface area contributed by atoms with Gasteiger partial charge in [0.25, 0.3) is 5.56 Å². The monoisotopic (exact) mass is 354 g/mol. The largest absolute Gasteiger partial charge is 0.338 e. The highest BCUT2D eigenvalue weighted by Gasteiger charge is 2.38. The molecular weight excluding hydrogens is 332 g/mol. The summed E-state index contributed by atoms with van der Waals surface area (Å²) in [6.07, 6.45) is 5.74. The molecule has 136 valence electrons. The van der Waals surface area contributed by atoms with Crippen molar-refractivity contribution in [2.24, 2.45) is 13.0 Å². The van der Waals surface area contributed by atoms with Crippen LogP contribution < -0.4 is 10.9 Å². The Labute approximate surface area is 151 Å². The van der Waals surface area contributed by atoms with Gasteiger partial charge in [0.05, 0.1) is 17.6 Å². The summed E-state index contributed by atoms with van der Waals surface area (Å²) in [4.78, 5) is 42.6. The fourth-order valence-electron chi connectivity index (χ4n) is 3.51. The summed E-state index contributed by atoms with van der Waals surface area (Å²) in [6, 6.07) is 4.99. The summed E-state index contributed by atoms with van der Waals surface area (Å²) in [6.45, 7) is 1.71. The molecular formula is C19H22N4O3. The number of carbonyl (C=O) groups is 2. The molecule has 0 spiro atoms. The second-order valence-electron chi connectivity index (χ2n) is 6.69. The highest BCUT2D eigenvalue weighted by Crippen LogP contribution is 2.36. The number of likely N-dealkylation sites (tertiary alicyclic amines) is 1. The number of carbonyl (C=O) groups excluding carboxylic acids is 2. The molecule has 1 N–H and O–H groups in total. The van der Waals surface area contributed by atoms with Gasteiger partial charge in [-0.05, 0) is 37.1 Å². The van der Waals surface area contributed by atoms with Crippen molar-refractivity contribution < 1.29 is 9.59 Å². The molecule has 1 aliphatic heterocycles. The molecule has 2 amide bonds. The van der Waals surface area contributed by atoms with Crippen LogP contribution >= 0.6 is 0 Å². The maximum atomic E-state index is 13.0. The normalized spacial score (nSPS) is 20.1. The third kappa shape index (κ3) is 3.37. The van der Waals surface area contributed by atoms with Crippen molar-refractivity contribution in [1.29, 1.82) is 0 Å². The van der Waals surface area contributed by atoms with E-state index in [1.54, 1.807) is 50.6 Å². The molecule has 0 bridgehead atoms. The van der Waals surface area contributed by atoms with Gasteiger partial charge in [0.2, 0.25) is 11.8 Å². The van der Waals surface area contributed by atoms with Gasteiger partial charge in [-0.1, -0.05) is 0 Å². The first-order valence-electron chi connectivity index (χ1n) is 8.52. The van der Waals surface area contributed by atoms with Crippen LogP contribution in [-0.4, -0.2) is 33.3 Å². The van der Waals surface area contributed by atoms with Crippen LogP contribution in [0.5, 0.6) is 0 Å². The molecule has 7 nitrogen and oxygen atoms in total. The first-order valence-corrected chi connectivity index (χ1v) is 8.52. The first kappa shape index (κ1) is 17.8. The average molecular weight is 354 g/mol. The molecule has 2 aromatic rings. The molecule has 7 heteroatoms. The van der Waals surface area contributed by atoms with E-state index in [0.29, 0.717) is 24.1 Å². The SMILES string of the molecule is Cc1cc(NC(=O)[C@H]2CCC(=O)N(C)[C@@H]2c2ccncc2)cn(C)c1=O. The zero-order valence-corrected chi connectivity index (χ0v) is 15.1. The summed E-state index contributed by atoms with van der Waals surface area (Å²) in [7, 11) is 3.38. The van der Waals surface area contributed by atoms with Crippen LogP contribution in [0.15, 0.2) is 41.6 Å². The third-order valence-corrected chi connectivity index (χ3v) is 4.88. The van der Waals surface area contributed by atoms with Gasteiger partial charge in [-0.2, -0.15) is 0 Å². The Morgan fingerprint density at radius 3 is 2.58 bits per heavy atom. The van der Waals surface area contributed by atoms with Crippen molar-refractivity contribution >= 4 is 17.5 Å². The predicted molar refractivity (Wildman–Crippen MR) is 97.5 cm³/mol. The Hall–Kier alpha value is -2.96. The molecule has 3 rings (SSSR count). The molecule has 0 aliphatic carbocycles. The molecule has 2 aromatic heterocycles. The minimum atomic E-state index is -0.377. The lowest BCUT2D eigenvalue weighted by Gasteiger charge is -2.38. The molecule has 2 atom stereocenters. The summed E-state index contributed by atoms with van der Waals surface area (Å²) in [5.74, 6) is -0.518. The zero-order chi connectivity index (χ0) is 18.8. The van der Waals surface area contributed by atoms with Crippen molar-refractivity contribution in [2.45, 2.75) is 25.8 Å². The maximum absolute atomic E-state index is 13.0. The van der Waals surface area contributed by atoms with E-state index < -0.39 is 0 Å². The van der Waals surface area contributed by atoms with Crippen LogP contribution in [0.1, 0.15) is 30.0 Å². The van der Waals surface area contributed by atoms with E-state index >= 15 is 0 Å². The molecule has 0 radical (unpaired) electrons. The highest BCUT2D eigenvalue weighted by molar-refractivity contribution is 5.94. The number of nitrogens with zero attached hydrogens (tertiary/aromatic N) is 3. The Balaban J connectivity index is 1.89. The Morgan fingerprint density at radius 1 is 1.23 bits per heavy atom. The van der Waals surface area contributed by atoms with Crippen LogP contribution in [0, 0.1) is 12.8 Å². The van der Waals surface area contributed by atoms with Crippen LogP contribution in [0.3, 0.4) is 0 Å². The van der Waals surface area contributed by atoms with Crippen molar-refractivity contribution in [3.8, 4) is 0 Å². The van der Waals surface area contributed by atoms with E-state index in [2.05, 4.69) is 10.3 Å². The van der Waals surface area contributed by atoms with Gasteiger partial charge in [0.15, 0.2) is 0 Å². The van der Waals surface area contributed by atoms with E-state index in [1.165, 1.54) is 4.57 Å². The number of amides is 2. The average Bonchev–Trinajstić information content (AvgIpc) is 2.62. The summed E-state index contributed by atoms with van der Waals surface area (Å²) >= 11 is 0. The minimum absolute atomic E-state index is 0.0221. The van der Waals surface area contributed by atoms with Crippen LogP contribution in [0.25, 0.3) is 0 Å². The number of aromatic nitrogens is 2. The maximum Gasteiger partial charge on any atom is 0.253 e. The zero-order valence-electron chi connectivity index (χ0n) is 15.1. The molecule has 1 aliphatic rings. The summed E-state index contributed by atoms with van der Waals surface area (Å²) in [5.41, 5.74) is 1.92. The Morgan fingerprint density at radius 2 is 1.92 bits per heavy atom. The minimum Gasteiger partial charge on any atom is -0.338 e. The van der Waals surface area contributed by atoms with Gasteiger partial charge in [-0.3, -0.25) is 19.4 Å². The number of pyridine rings is 2. The number of hydrogen-bond donors (Lipinski definition) is 1. The number of rotatable bonds is 3. The van der Waals surface area contributed by atoms with E-state index in [4.69, 9.17) is 0 Å². The van der Waals surface area contributed by atoms with Gasteiger partial charge in [0, 0.05) is 44.7 Å². The van der Waals surface area contributed by atoms with E-state index in [1.807, 2.05) is 12.1 Å². The fourth-order valence-corrected chi connectivity index (χ4v) is 3.51. The van der Waals surface area contributed by atoms with E-state index in [9.17, 15) is 14.4 Å². The molecule has 3 heterocycles. The van der Waals surface area contributed by atoms with Crippen LogP contribution in [0.2, 0.25) is 0 Å². The van der Waals surface area contributed by atoms with Gasteiger partial charge in [0.1, 0.15) is 0 Å². The molecule has 0 unspecified atom stereocenters. The quantitative estimate of drug-likeness (QED) is 0.908. The predicted octanol–water partition coefficient (Wildman–Crippen LogP) is 1.64. The molecule has 26 heavy (non-hydrogen) atoms. The lowest BCUT2D eigenvalue weighted by atomic mass is 9.84. The van der Waals surface area contributed by atoms with Crippen LogP contribution in [-0.2, 0) is 16.6 Å². The lowest BCUT2D eigenvalue weighted by molar-refractivity contribution is -0.140. The number of nitrogens with one attached hydrogen (secondary N) is 1. The van der Waals surface area contributed by atoms with Gasteiger partial charge in [-0.15, -0.1) is 0 Å². The summed E-state index contributed by atoms with van der Waals surface area (Å²) < 4.78 is 1.45.